The predicted molar refractivity (Wildman–Crippen MR) is 89.1 cm³/mol. The van der Waals surface area contributed by atoms with Crippen LogP contribution >= 0.6 is 0 Å². The highest BCUT2D eigenvalue weighted by Crippen LogP contribution is 2.76. The fourth-order valence-corrected chi connectivity index (χ4v) is 7.92. The van der Waals surface area contributed by atoms with Crippen LogP contribution in [0.4, 0.5) is 0 Å². The number of aliphatic hydroxyl groups is 2. The van der Waals surface area contributed by atoms with E-state index in [-0.39, 0.29) is 17.6 Å². The van der Waals surface area contributed by atoms with Crippen LogP contribution in [0.2, 0.25) is 0 Å². The molecule has 2 aliphatic carbocycles. The van der Waals surface area contributed by atoms with Gasteiger partial charge in [0.2, 0.25) is 0 Å². The molecule has 11 atom stereocenters. The molecule has 5 heterocycles. The smallest absolute Gasteiger partial charge is 0.318 e. The highest BCUT2D eigenvalue weighted by molar-refractivity contribution is 5.95. The summed E-state index contributed by atoms with van der Waals surface area (Å²) in [7, 11) is 0. The van der Waals surface area contributed by atoms with E-state index in [4.69, 9.17) is 14.2 Å². The van der Waals surface area contributed by atoms with Crippen molar-refractivity contribution in [3.05, 3.63) is 0 Å². The van der Waals surface area contributed by atoms with E-state index in [9.17, 15) is 19.8 Å². The zero-order valence-electron chi connectivity index (χ0n) is 16.0. The fraction of sp³-hybridized carbons (Fsp3) is 0.900. The minimum Gasteiger partial charge on any atom is -0.455 e. The summed E-state index contributed by atoms with van der Waals surface area (Å²) < 4.78 is 18.6. The molecule has 6 bridgehead atoms. The van der Waals surface area contributed by atoms with Gasteiger partial charge < -0.3 is 24.4 Å². The second-order valence-corrected chi connectivity index (χ2v) is 10.3. The Labute approximate surface area is 157 Å². The van der Waals surface area contributed by atoms with E-state index in [2.05, 4.69) is 0 Å². The number of esters is 1. The molecule has 0 amide bonds. The summed E-state index contributed by atoms with van der Waals surface area (Å²) in [6.45, 7) is 7.36. The summed E-state index contributed by atoms with van der Waals surface area (Å²) in [4.78, 5) is 26.9. The van der Waals surface area contributed by atoms with E-state index in [1.165, 1.54) is 0 Å². The van der Waals surface area contributed by atoms with E-state index in [0.717, 1.165) is 0 Å². The summed E-state index contributed by atoms with van der Waals surface area (Å²) in [5, 5.41) is 22.7. The predicted octanol–water partition coefficient (Wildman–Crippen LogP) is 0.549. The molecule has 5 saturated heterocycles. The molecule has 7 nitrogen and oxygen atoms in total. The molecule has 27 heavy (non-hydrogen) atoms. The quantitative estimate of drug-likeness (QED) is 0.594. The van der Waals surface area contributed by atoms with Gasteiger partial charge in [-0.2, -0.15) is 0 Å². The number of hydrogen-bond donors (Lipinski definition) is 2. The molecule has 2 spiro atoms. The molecule has 0 aromatic rings. The summed E-state index contributed by atoms with van der Waals surface area (Å²) in [6.07, 6.45) is 0.456. The lowest BCUT2D eigenvalue weighted by atomic mass is 9.54. The average molecular weight is 378 g/mol. The molecule has 7 fully saturated rings. The summed E-state index contributed by atoms with van der Waals surface area (Å²) >= 11 is 0. The largest absolute Gasteiger partial charge is 0.455 e. The number of fused-ring (bicyclic) bond motifs is 4. The van der Waals surface area contributed by atoms with Crippen molar-refractivity contribution in [2.24, 2.45) is 29.6 Å². The average Bonchev–Trinajstić information content (AvgIpc) is 3.01. The first-order valence-corrected chi connectivity index (χ1v) is 10.0. The van der Waals surface area contributed by atoms with Crippen LogP contribution in [0, 0.1) is 29.6 Å². The zero-order chi connectivity index (χ0) is 19.4. The monoisotopic (exact) mass is 378 g/mol. The van der Waals surface area contributed by atoms with Crippen LogP contribution in [-0.2, 0) is 23.8 Å². The number of carbonyl (C=O) groups is 2. The van der Waals surface area contributed by atoms with Gasteiger partial charge in [-0.15, -0.1) is 0 Å². The molecular weight excluding hydrogens is 352 g/mol. The van der Waals surface area contributed by atoms with Gasteiger partial charge in [-0.1, -0.05) is 13.8 Å². The standard InChI is InChI=1S/C20H26O7/c1-8-7-18-10-5-11-13(21)16(3)6-9(2)20(24,26-16)12(15(23)25-18)19(11,18)27-17(8,4)14(10)22/h8-12,14,22,24H,5-7H2,1-4H3/t8-,9-,10-,11?,12?,14?,16+,17-,18-,19+,20+/m0/s1. The maximum Gasteiger partial charge on any atom is 0.318 e. The Balaban J connectivity index is 1.68. The molecule has 148 valence electrons. The molecule has 0 aromatic carbocycles. The highest BCUT2D eigenvalue weighted by Gasteiger charge is 2.91. The van der Waals surface area contributed by atoms with E-state index in [1.807, 2.05) is 13.8 Å². The number of hydrogen-bond acceptors (Lipinski definition) is 7. The van der Waals surface area contributed by atoms with Crippen molar-refractivity contribution in [3.63, 3.8) is 0 Å². The lowest BCUT2D eigenvalue weighted by molar-refractivity contribution is -0.370. The Morgan fingerprint density at radius 1 is 1.07 bits per heavy atom. The van der Waals surface area contributed by atoms with Gasteiger partial charge in [-0.05, 0) is 39.0 Å². The summed E-state index contributed by atoms with van der Waals surface area (Å²) in [5.41, 5.74) is -4.40. The second kappa shape index (κ2) is 4.13. The minimum absolute atomic E-state index is 0.0428. The molecule has 0 radical (unpaired) electrons. The number of Topliss-reactive ketones (excluding diaryl/α,β-unsaturated/α-hetero) is 1. The summed E-state index contributed by atoms with van der Waals surface area (Å²) in [6, 6.07) is 0. The molecule has 0 aromatic heterocycles. The number of aliphatic hydroxyl groups excluding tert-OH is 1. The van der Waals surface area contributed by atoms with Crippen molar-refractivity contribution in [2.45, 2.75) is 81.3 Å². The van der Waals surface area contributed by atoms with E-state index < -0.39 is 58.0 Å². The first-order valence-electron chi connectivity index (χ1n) is 10.0. The third-order valence-corrected chi connectivity index (χ3v) is 9.20. The van der Waals surface area contributed by atoms with Gasteiger partial charge in [0.15, 0.2) is 11.6 Å². The van der Waals surface area contributed by atoms with Crippen LogP contribution in [0.1, 0.15) is 47.0 Å². The van der Waals surface area contributed by atoms with Gasteiger partial charge in [0.05, 0.1) is 17.6 Å². The Kier molecular flexibility index (Phi) is 2.58. The van der Waals surface area contributed by atoms with E-state index >= 15 is 0 Å². The van der Waals surface area contributed by atoms with Gasteiger partial charge >= 0.3 is 5.97 Å². The Morgan fingerprint density at radius 3 is 2.48 bits per heavy atom. The van der Waals surface area contributed by atoms with Crippen LogP contribution in [0.15, 0.2) is 0 Å². The Bertz CT molecular complexity index is 812. The molecule has 7 rings (SSSR count). The van der Waals surface area contributed by atoms with Gasteiger partial charge in [-0.25, -0.2) is 0 Å². The van der Waals surface area contributed by atoms with E-state index in [1.54, 1.807) is 13.8 Å². The topological polar surface area (TPSA) is 102 Å². The van der Waals surface area contributed by atoms with Crippen molar-refractivity contribution < 1.29 is 34.0 Å². The lowest BCUT2D eigenvalue weighted by Gasteiger charge is -2.64. The number of carbonyl (C=O) groups excluding carboxylic acids is 2. The van der Waals surface area contributed by atoms with Crippen molar-refractivity contribution in [1.82, 2.24) is 0 Å². The van der Waals surface area contributed by atoms with Crippen molar-refractivity contribution in [1.29, 1.82) is 0 Å². The Hall–Kier alpha value is -1.02. The van der Waals surface area contributed by atoms with Gasteiger partial charge in [-0.3, -0.25) is 9.59 Å². The first-order chi connectivity index (χ1) is 12.5. The number of rotatable bonds is 0. The second-order valence-electron chi connectivity index (χ2n) is 10.3. The van der Waals surface area contributed by atoms with Crippen LogP contribution in [0.3, 0.4) is 0 Å². The molecule has 3 unspecified atom stereocenters. The molecule has 7 aliphatic rings. The molecule has 5 aliphatic heterocycles. The van der Waals surface area contributed by atoms with Crippen molar-refractivity contribution in [2.75, 3.05) is 0 Å². The third-order valence-electron chi connectivity index (χ3n) is 9.20. The highest BCUT2D eigenvalue weighted by atomic mass is 16.7. The maximum atomic E-state index is 13.7. The number of ketones is 1. The summed E-state index contributed by atoms with van der Waals surface area (Å²) in [5.74, 6) is -5.04. The van der Waals surface area contributed by atoms with E-state index in [0.29, 0.717) is 19.3 Å². The normalized spacial score (nSPS) is 68.1. The molecular formula is C20H26O7. The van der Waals surface area contributed by atoms with Crippen LogP contribution in [0.25, 0.3) is 0 Å². The lowest BCUT2D eigenvalue weighted by Crippen LogP contribution is -2.78. The third kappa shape index (κ3) is 1.35. The number of ether oxygens (including phenoxy) is 3. The first kappa shape index (κ1) is 16.9. The Morgan fingerprint density at radius 2 is 1.78 bits per heavy atom. The molecule has 7 heteroatoms. The zero-order valence-corrected chi connectivity index (χ0v) is 16.0. The van der Waals surface area contributed by atoms with Gasteiger partial charge in [0.1, 0.15) is 22.7 Å². The van der Waals surface area contributed by atoms with Crippen LogP contribution in [-0.4, -0.2) is 56.3 Å². The van der Waals surface area contributed by atoms with Gasteiger partial charge in [0, 0.05) is 11.8 Å². The van der Waals surface area contributed by atoms with Crippen LogP contribution in [0.5, 0.6) is 0 Å². The molecule has 2 saturated carbocycles. The fourth-order valence-electron chi connectivity index (χ4n) is 7.92. The SMILES string of the molecule is C[C@H]1C[C@@]2(C)O[C@@]1(O)C1C(=O)O[C@]34C[C@H](C)[C@]5(C)O[C@]13C(C[C@H]4C5O)C2=O. The maximum absolute atomic E-state index is 13.7. The van der Waals surface area contributed by atoms with Crippen LogP contribution < -0.4 is 0 Å². The minimum atomic E-state index is -1.81. The van der Waals surface area contributed by atoms with Crippen molar-refractivity contribution in [3.8, 4) is 0 Å². The molecule has 2 N–H and O–H groups in total. The van der Waals surface area contributed by atoms with Crippen molar-refractivity contribution >= 4 is 11.8 Å². The van der Waals surface area contributed by atoms with Gasteiger partial charge in [0.25, 0.3) is 0 Å².